The van der Waals surface area contributed by atoms with Crippen LogP contribution in [0.4, 0.5) is 0 Å². The summed E-state index contributed by atoms with van der Waals surface area (Å²) in [5.74, 6) is 0.418. The molecule has 0 unspecified atom stereocenters. The van der Waals surface area contributed by atoms with Crippen LogP contribution in [0.5, 0.6) is 0 Å². The summed E-state index contributed by atoms with van der Waals surface area (Å²) in [5.41, 5.74) is 6.50. The van der Waals surface area contributed by atoms with Crippen molar-refractivity contribution in [3.05, 3.63) is 52.3 Å². The van der Waals surface area contributed by atoms with E-state index in [0.29, 0.717) is 22.1 Å². The van der Waals surface area contributed by atoms with Crippen LogP contribution in [0.25, 0.3) is 17.4 Å². The Labute approximate surface area is 149 Å². The van der Waals surface area contributed by atoms with Crippen molar-refractivity contribution in [1.82, 2.24) is 0 Å². The van der Waals surface area contributed by atoms with Gasteiger partial charge in [0.15, 0.2) is 0 Å². The second-order valence-corrected chi connectivity index (χ2v) is 5.50. The van der Waals surface area contributed by atoms with Crippen LogP contribution in [0.3, 0.4) is 0 Å². The van der Waals surface area contributed by atoms with E-state index in [2.05, 4.69) is 0 Å². The fraction of sp³-hybridized carbons (Fsp3) is 0.118. The summed E-state index contributed by atoms with van der Waals surface area (Å²) in [5, 5.41) is 9.26. The second kappa shape index (κ2) is 7.77. The van der Waals surface area contributed by atoms with Gasteiger partial charge in [-0.15, -0.1) is 0 Å². The molecule has 0 saturated carbocycles. The van der Waals surface area contributed by atoms with Gasteiger partial charge < -0.3 is 14.9 Å². The van der Waals surface area contributed by atoms with E-state index in [4.69, 9.17) is 44.0 Å². The number of thiocarbonyl (C=S) groups is 1. The van der Waals surface area contributed by atoms with Gasteiger partial charge in [0.2, 0.25) is 0 Å². The van der Waals surface area contributed by atoms with Gasteiger partial charge >= 0.3 is 5.97 Å². The first-order valence-electron chi connectivity index (χ1n) is 6.94. The molecule has 2 N–H and O–H groups in total. The number of esters is 1. The largest absolute Gasteiger partial charge is 0.462 e. The van der Waals surface area contributed by atoms with E-state index in [-0.39, 0.29) is 22.7 Å². The quantitative estimate of drug-likeness (QED) is 0.375. The van der Waals surface area contributed by atoms with Crippen LogP contribution in [0.2, 0.25) is 5.02 Å². The molecule has 5 nitrogen and oxygen atoms in total. The standard InChI is InChI=1S/C17H13ClN2O3S/c1-2-22-17(21)13-8-10(3-5-14(13)18)15-6-4-12(23-15)7-11(9-19)16(20)24/h3-8H,2H2,1H3,(H2,20,24)/b11-7+. The molecule has 122 valence electrons. The number of nitrogens with zero attached hydrogens (tertiary/aromatic N) is 1. The highest BCUT2D eigenvalue weighted by Crippen LogP contribution is 2.28. The van der Waals surface area contributed by atoms with E-state index < -0.39 is 5.97 Å². The summed E-state index contributed by atoms with van der Waals surface area (Å²) >= 11 is 10.8. The molecule has 0 aliphatic carbocycles. The fourth-order valence-electron chi connectivity index (χ4n) is 1.93. The minimum absolute atomic E-state index is 0.00783. The summed E-state index contributed by atoms with van der Waals surface area (Å²) in [7, 11) is 0. The molecule has 0 spiro atoms. The van der Waals surface area contributed by atoms with E-state index in [0.717, 1.165) is 0 Å². The van der Waals surface area contributed by atoms with Gasteiger partial charge in [-0.25, -0.2) is 4.79 Å². The van der Waals surface area contributed by atoms with Crippen molar-refractivity contribution < 1.29 is 13.9 Å². The Kier molecular flexibility index (Phi) is 5.74. The van der Waals surface area contributed by atoms with E-state index in [1.807, 2.05) is 6.07 Å². The molecule has 0 aliphatic rings. The van der Waals surface area contributed by atoms with Gasteiger partial charge in [-0.1, -0.05) is 23.8 Å². The Bertz CT molecular complexity index is 865. The van der Waals surface area contributed by atoms with E-state index in [9.17, 15) is 4.79 Å². The molecule has 7 heteroatoms. The van der Waals surface area contributed by atoms with Gasteiger partial charge in [0, 0.05) is 11.6 Å². The predicted octanol–water partition coefficient (Wildman–Crippen LogP) is 3.97. The zero-order valence-electron chi connectivity index (χ0n) is 12.7. The average Bonchev–Trinajstić information content (AvgIpc) is 3.01. The Balaban J connectivity index is 2.37. The highest BCUT2D eigenvalue weighted by atomic mass is 35.5. The van der Waals surface area contributed by atoms with Crippen molar-refractivity contribution in [2.75, 3.05) is 6.61 Å². The van der Waals surface area contributed by atoms with Crippen molar-refractivity contribution in [3.8, 4) is 17.4 Å². The third kappa shape index (κ3) is 4.02. The van der Waals surface area contributed by atoms with Crippen molar-refractivity contribution in [2.24, 2.45) is 5.73 Å². The Morgan fingerprint density at radius 1 is 1.46 bits per heavy atom. The lowest BCUT2D eigenvalue weighted by Gasteiger charge is -2.05. The van der Waals surface area contributed by atoms with Gasteiger partial charge in [0.05, 0.1) is 22.8 Å². The molecule has 0 radical (unpaired) electrons. The first kappa shape index (κ1) is 17.7. The van der Waals surface area contributed by atoms with Gasteiger partial charge in [-0.05, 0) is 37.3 Å². The number of furan rings is 1. The van der Waals surface area contributed by atoms with E-state index in [1.165, 1.54) is 6.08 Å². The van der Waals surface area contributed by atoms with Gasteiger partial charge in [0.25, 0.3) is 0 Å². The van der Waals surface area contributed by atoms with Crippen LogP contribution < -0.4 is 5.73 Å². The van der Waals surface area contributed by atoms with E-state index in [1.54, 1.807) is 37.3 Å². The highest BCUT2D eigenvalue weighted by Gasteiger charge is 2.14. The van der Waals surface area contributed by atoms with E-state index >= 15 is 0 Å². The van der Waals surface area contributed by atoms with Crippen LogP contribution in [0.1, 0.15) is 23.0 Å². The molecule has 0 atom stereocenters. The summed E-state index contributed by atoms with van der Waals surface area (Å²) < 4.78 is 10.6. The maximum atomic E-state index is 11.9. The summed E-state index contributed by atoms with van der Waals surface area (Å²) in [6, 6.07) is 10.2. The molecular formula is C17H13ClN2O3S. The number of ether oxygens (including phenoxy) is 1. The number of nitrogens with two attached hydrogens (primary N) is 1. The molecular weight excluding hydrogens is 348 g/mol. The maximum absolute atomic E-state index is 11.9. The molecule has 0 aliphatic heterocycles. The topological polar surface area (TPSA) is 89.2 Å². The molecule has 2 aromatic rings. The molecule has 1 aromatic heterocycles. The summed E-state index contributed by atoms with van der Waals surface area (Å²) in [4.78, 5) is 11.9. The zero-order valence-corrected chi connectivity index (χ0v) is 14.3. The Hall–Kier alpha value is -2.62. The van der Waals surface area contributed by atoms with Crippen LogP contribution in [-0.4, -0.2) is 17.6 Å². The lowest BCUT2D eigenvalue weighted by atomic mass is 10.1. The number of rotatable bonds is 5. The number of carbonyl (C=O) groups excluding carboxylic acids is 1. The van der Waals surface area contributed by atoms with Gasteiger partial charge in [-0.3, -0.25) is 0 Å². The maximum Gasteiger partial charge on any atom is 0.339 e. The molecule has 0 saturated heterocycles. The van der Waals surface area contributed by atoms with Crippen LogP contribution in [0.15, 0.2) is 40.3 Å². The van der Waals surface area contributed by atoms with Crippen molar-refractivity contribution in [2.45, 2.75) is 6.92 Å². The zero-order chi connectivity index (χ0) is 17.7. The molecule has 0 amide bonds. The number of hydrogen-bond donors (Lipinski definition) is 1. The molecule has 2 rings (SSSR count). The highest BCUT2D eigenvalue weighted by molar-refractivity contribution is 7.80. The minimum Gasteiger partial charge on any atom is -0.462 e. The van der Waals surface area contributed by atoms with Crippen LogP contribution in [-0.2, 0) is 4.74 Å². The molecule has 1 aromatic carbocycles. The first-order valence-corrected chi connectivity index (χ1v) is 7.73. The number of carbonyl (C=O) groups is 1. The van der Waals surface area contributed by atoms with Gasteiger partial charge in [0.1, 0.15) is 22.6 Å². The lowest BCUT2D eigenvalue weighted by Crippen LogP contribution is -2.09. The monoisotopic (exact) mass is 360 g/mol. The Morgan fingerprint density at radius 3 is 2.83 bits per heavy atom. The summed E-state index contributed by atoms with van der Waals surface area (Å²) in [6.45, 7) is 1.97. The molecule has 24 heavy (non-hydrogen) atoms. The van der Waals surface area contributed by atoms with Crippen LogP contribution >= 0.6 is 23.8 Å². The van der Waals surface area contributed by atoms with Crippen molar-refractivity contribution in [3.63, 3.8) is 0 Å². The first-order chi connectivity index (χ1) is 11.5. The second-order valence-electron chi connectivity index (χ2n) is 4.65. The molecule has 1 heterocycles. The van der Waals surface area contributed by atoms with Gasteiger partial charge in [-0.2, -0.15) is 5.26 Å². The normalized spacial score (nSPS) is 11.0. The third-order valence-corrected chi connectivity index (χ3v) is 3.60. The summed E-state index contributed by atoms with van der Waals surface area (Å²) in [6.07, 6.45) is 1.45. The number of nitriles is 1. The number of halogens is 1. The van der Waals surface area contributed by atoms with Crippen LogP contribution in [0, 0.1) is 11.3 Å². The SMILES string of the molecule is CCOC(=O)c1cc(-c2ccc(/C=C(\C#N)C(N)=S)o2)ccc1Cl. The third-order valence-electron chi connectivity index (χ3n) is 3.05. The predicted molar refractivity (Wildman–Crippen MR) is 95.5 cm³/mol. The van der Waals surface area contributed by atoms with Crippen molar-refractivity contribution >= 4 is 40.9 Å². The minimum atomic E-state index is -0.503. The number of benzene rings is 1. The molecule has 0 fully saturated rings. The fourth-order valence-corrected chi connectivity index (χ4v) is 2.23. The molecule has 0 bridgehead atoms. The Morgan fingerprint density at radius 2 is 2.21 bits per heavy atom. The average molecular weight is 361 g/mol. The number of hydrogen-bond acceptors (Lipinski definition) is 5. The lowest BCUT2D eigenvalue weighted by molar-refractivity contribution is 0.0526. The smallest absolute Gasteiger partial charge is 0.339 e. The van der Waals surface area contributed by atoms with Crippen molar-refractivity contribution in [1.29, 1.82) is 5.26 Å².